The van der Waals surface area contributed by atoms with Gasteiger partial charge in [-0.15, -0.1) is 10.2 Å². The van der Waals surface area contributed by atoms with Gasteiger partial charge in [-0.3, -0.25) is 9.47 Å². The first kappa shape index (κ1) is 29.8. The molecule has 4 heterocycles. The number of anilines is 1. The number of rotatable bonds is 9. The van der Waals surface area contributed by atoms with Crippen molar-refractivity contribution in [1.82, 2.24) is 29.6 Å². The number of halogens is 1. The number of aromatic nitrogens is 5. The van der Waals surface area contributed by atoms with E-state index in [0.717, 1.165) is 12.4 Å². The minimum absolute atomic E-state index is 0.0485. The maximum Gasteiger partial charge on any atom is 0.411 e. The summed E-state index contributed by atoms with van der Waals surface area (Å²) in [6.45, 7) is 3.24. The fraction of sp³-hybridized carbons (Fsp3) is 0.370. The van der Waals surface area contributed by atoms with E-state index in [2.05, 4.69) is 20.2 Å². The molecule has 228 valence electrons. The van der Waals surface area contributed by atoms with Gasteiger partial charge < -0.3 is 23.5 Å². The van der Waals surface area contributed by atoms with Crippen molar-refractivity contribution in [2.45, 2.75) is 24.9 Å². The van der Waals surface area contributed by atoms with Gasteiger partial charge in [0.2, 0.25) is 11.8 Å². The molecule has 16 heteroatoms. The van der Waals surface area contributed by atoms with Crippen LogP contribution >= 0.6 is 0 Å². The predicted molar refractivity (Wildman–Crippen MR) is 151 cm³/mol. The standard InChI is InChI=1S/C27H30FN7O7S/c1-5-41-27(36)34-14-19(13-33(16-34)26-29-11-18(28)12-30-26)43(37,38)15-23-31-32-25(22-10-9-17(2)42-22)35(23)24-20(39-3)7-6-8-21(24)40-4/h6-12,19H,5,13-16H2,1-4H3/t19-/m0/s1. The van der Waals surface area contributed by atoms with E-state index in [1.165, 1.54) is 28.6 Å². The van der Waals surface area contributed by atoms with Crippen LogP contribution in [-0.2, 0) is 20.3 Å². The zero-order valence-electron chi connectivity index (χ0n) is 23.9. The van der Waals surface area contributed by atoms with Crippen molar-refractivity contribution in [2.75, 3.05) is 45.5 Å². The Morgan fingerprint density at radius 2 is 1.77 bits per heavy atom. The molecule has 1 aliphatic heterocycles. The summed E-state index contributed by atoms with van der Waals surface area (Å²) in [7, 11) is -1.10. The van der Waals surface area contributed by atoms with Crippen LogP contribution in [-0.4, -0.2) is 90.0 Å². The Morgan fingerprint density at radius 1 is 1.07 bits per heavy atom. The van der Waals surface area contributed by atoms with Crippen molar-refractivity contribution < 1.29 is 36.2 Å². The van der Waals surface area contributed by atoms with Crippen LogP contribution in [0.4, 0.5) is 15.1 Å². The van der Waals surface area contributed by atoms with Crippen LogP contribution in [0.25, 0.3) is 17.3 Å². The van der Waals surface area contributed by atoms with Crippen molar-refractivity contribution in [3.05, 3.63) is 60.1 Å². The second-order valence-corrected chi connectivity index (χ2v) is 11.9. The second kappa shape index (κ2) is 12.2. The maximum atomic E-state index is 14.1. The molecule has 3 aromatic heterocycles. The molecule has 0 aliphatic carbocycles. The summed E-state index contributed by atoms with van der Waals surface area (Å²) >= 11 is 0. The lowest BCUT2D eigenvalue weighted by Crippen LogP contribution is -2.57. The SMILES string of the molecule is CCOC(=O)N1C[C@@H](S(=O)(=O)Cc2nnc(-c3ccc(C)o3)n2-c2c(OC)cccc2OC)CN(c2ncc(F)cn2)C1. The lowest BCUT2D eigenvalue weighted by molar-refractivity contribution is 0.102. The number of hydrogen-bond donors (Lipinski definition) is 0. The Kier molecular flexibility index (Phi) is 8.47. The lowest BCUT2D eigenvalue weighted by atomic mass is 10.2. The zero-order valence-corrected chi connectivity index (χ0v) is 24.7. The van der Waals surface area contributed by atoms with Crippen molar-refractivity contribution >= 4 is 21.9 Å². The van der Waals surface area contributed by atoms with Gasteiger partial charge in [-0.05, 0) is 38.1 Å². The van der Waals surface area contributed by atoms with Crippen LogP contribution < -0.4 is 14.4 Å². The van der Waals surface area contributed by atoms with Crippen LogP contribution in [0, 0.1) is 12.7 Å². The van der Waals surface area contributed by atoms with E-state index in [0.29, 0.717) is 28.7 Å². The summed E-state index contributed by atoms with van der Waals surface area (Å²) in [5.74, 6) is 0.877. The topological polar surface area (TPSA) is 155 Å². The Bertz CT molecular complexity index is 1690. The largest absolute Gasteiger partial charge is 0.494 e. The van der Waals surface area contributed by atoms with Crippen LogP contribution in [0.5, 0.6) is 11.5 Å². The number of para-hydroxylation sites is 1. The first-order valence-corrected chi connectivity index (χ1v) is 14.9. The second-order valence-electron chi connectivity index (χ2n) is 9.61. The smallest absolute Gasteiger partial charge is 0.411 e. The highest BCUT2D eigenvalue weighted by atomic mass is 32.2. The fourth-order valence-corrected chi connectivity index (χ4v) is 6.36. The number of furan rings is 1. The molecule has 4 aromatic rings. The molecule has 1 saturated heterocycles. The first-order valence-electron chi connectivity index (χ1n) is 13.2. The number of ether oxygens (including phenoxy) is 3. The van der Waals surface area contributed by atoms with Gasteiger partial charge in [-0.1, -0.05) is 6.07 Å². The van der Waals surface area contributed by atoms with E-state index in [9.17, 15) is 17.6 Å². The highest BCUT2D eigenvalue weighted by molar-refractivity contribution is 7.91. The van der Waals surface area contributed by atoms with Gasteiger partial charge in [0, 0.05) is 13.1 Å². The summed E-state index contributed by atoms with van der Waals surface area (Å²) in [5.41, 5.74) is 0.380. The third kappa shape index (κ3) is 6.09. The molecule has 0 radical (unpaired) electrons. The van der Waals surface area contributed by atoms with Crippen molar-refractivity contribution in [2.24, 2.45) is 0 Å². The molecule has 0 saturated carbocycles. The number of benzene rings is 1. The molecule has 5 rings (SSSR count). The number of carbonyl (C=O) groups is 1. The lowest BCUT2D eigenvalue weighted by Gasteiger charge is -2.39. The number of aryl methyl sites for hydroxylation is 1. The van der Waals surface area contributed by atoms with Crippen LogP contribution in [0.15, 0.2) is 47.1 Å². The minimum atomic E-state index is -4.06. The molecule has 1 amide bonds. The van der Waals surface area contributed by atoms with Crippen molar-refractivity contribution in [1.29, 1.82) is 0 Å². The molecule has 1 atom stereocenters. The zero-order chi connectivity index (χ0) is 30.7. The Morgan fingerprint density at radius 3 is 2.37 bits per heavy atom. The van der Waals surface area contributed by atoms with E-state index in [1.54, 1.807) is 44.2 Å². The number of nitrogens with zero attached hydrogens (tertiary/aromatic N) is 7. The van der Waals surface area contributed by atoms with Gasteiger partial charge in [0.25, 0.3) is 0 Å². The Labute approximate surface area is 246 Å². The number of sulfone groups is 1. The molecule has 1 aliphatic rings. The highest BCUT2D eigenvalue weighted by Crippen LogP contribution is 2.37. The van der Waals surface area contributed by atoms with Crippen molar-refractivity contribution in [3.63, 3.8) is 0 Å². The van der Waals surface area contributed by atoms with Crippen LogP contribution in [0.2, 0.25) is 0 Å². The van der Waals surface area contributed by atoms with Gasteiger partial charge in [-0.2, -0.15) is 0 Å². The van der Waals surface area contributed by atoms with E-state index in [1.807, 2.05) is 0 Å². The van der Waals surface area contributed by atoms with Gasteiger partial charge in [0.05, 0.1) is 45.1 Å². The molecule has 0 unspecified atom stereocenters. The number of amides is 1. The summed E-state index contributed by atoms with van der Waals surface area (Å²) in [6, 6.07) is 8.59. The van der Waals surface area contributed by atoms with E-state index >= 15 is 0 Å². The fourth-order valence-electron chi connectivity index (χ4n) is 4.77. The van der Waals surface area contributed by atoms with Crippen LogP contribution in [0.3, 0.4) is 0 Å². The predicted octanol–water partition coefficient (Wildman–Crippen LogP) is 3.00. The van der Waals surface area contributed by atoms with Gasteiger partial charge in [0.1, 0.15) is 28.7 Å². The Hall–Kier alpha value is -4.73. The summed E-state index contributed by atoms with van der Waals surface area (Å²) in [6.07, 6.45) is 1.23. The molecule has 0 N–H and O–H groups in total. The molecule has 1 fully saturated rings. The van der Waals surface area contributed by atoms with Crippen LogP contribution in [0.1, 0.15) is 18.5 Å². The molecule has 14 nitrogen and oxygen atoms in total. The Balaban J connectivity index is 1.57. The highest BCUT2D eigenvalue weighted by Gasteiger charge is 2.39. The molecule has 0 bridgehead atoms. The van der Waals surface area contributed by atoms with Crippen molar-refractivity contribution in [3.8, 4) is 28.8 Å². The molecule has 0 spiro atoms. The first-order chi connectivity index (χ1) is 20.6. The van der Waals surface area contributed by atoms with Gasteiger partial charge in [0.15, 0.2) is 27.2 Å². The van der Waals surface area contributed by atoms with E-state index < -0.39 is 32.8 Å². The number of carbonyl (C=O) groups excluding carboxylic acids is 1. The monoisotopic (exact) mass is 615 g/mol. The summed E-state index contributed by atoms with van der Waals surface area (Å²) in [4.78, 5) is 23.4. The average molecular weight is 616 g/mol. The summed E-state index contributed by atoms with van der Waals surface area (Å²) in [5, 5.41) is 7.43. The maximum absolute atomic E-state index is 14.1. The minimum Gasteiger partial charge on any atom is -0.494 e. The number of methoxy groups -OCH3 is 2. The third-order valence-electron chi connectivity index (χ3n) is 6.76. The quantitative estimate of drug-likeness (QED) is 0.272. The van der Waals surface area contributed by atoms with Gasteiger partial charge in [-0.25, -0.2) is 27.6 Å². The molecular weight excluding hydrogens is 585 g/mol. The summed E-state index contributed by atoms with van der Waals surface area (Å²) < 4.78 is 65.4. The van der Waals surface area contributed by atoms with Gasteiger partial charge >= 0.3 is 6.09 Å². The third-order valence-corrected chi connectivity index (χ3v) is 8.73. The number of hydrogen-bond acceptors (Lipinski definition) is 12. The molecule has 1 aromatic carbocycles. The van der Waals surface area contributed by atoms with E-state index in [4.69, 9.17) is 18.6 Å². The molecule has 43 heavy (non-hydrogen) atoms. The normalized spacial score (nSPS) is 15.4. The average Bonchev–Trinajstić information content (AvgIpc) is 3.62. The van der Waals surface area contributed by atoms with E-state index in [-0.39, 0.29) is 44.0 Å². The molecular formula is C27H30FN7O7S.